The maximum absolute atomic E-state index is 9.25. The molecule has 3 nitrogen and oxygen atoms in total. The minimum atomic E-state index is -0.670. The number of aliphatic hydroxyl groups is 2. The molecule has 4 heteroatoms. The van der Waals surface area contributed by atoms with Gasteiger partial charge in [0.25, 0.3) is 0 Å². The van der Waals surface area contributed by atoms with E-state index in [9.17, 15) is 5.11 Å². The molecule has 0 bridgehead atoms. The molecule has 84 valence electrons. The van der Waals surface area contributed by atoms with Crippen LogP contribution in [-0.2, 0) is 0 Å². The van der Waals surface area contributed by atoms with Gasteiger partial charge < -0.3 is 15.9 Å². The minimum Gasteiger partial charge on any atom is -0.394 e. The summed E-state index contributed by atoms with van der Waals surface area (Å²) < 4.78 is 0. The number of hydrogen-bond donors (Lipinski definition) is 3. The molecule has 0 heterocycles. The van der Waals surface area contributed by atoms with Gasteiger partial charge in [-0.15, -0.1) is 11.8 Å². The van der Waals surface area contributed by atoms with E-state index in [4.69, 9.17) is 10.8 Å². The van der Waals surface area contributed by atoms with Crippen LogP contribution in [0.5, 0.6) is 0 Å². The van der Waals surface area contributed by atoms with Crippen molar-refractivity contribution in [3.63, 3.8) is 0 Å². The third kappa shape index (κ3) is 3.83. The third-order valence-electron chi connectivity index (χ3n) is 2.05. The van der Waals surface area contributed by atoms with Crippen LogP contribution in [0.4, 0.5) is 0 Å². The molecule has 0 aromatic heterocycles. The van der Waals surface area contributed by atoms with Crippen LogP contribution >= 0.6 is 11.8 Å². The highest BCUT2D eigenvalue weighted by Crippen LogP contribution is 2.26. The highest BCUT2D eigenvalue weighted by atomic mass is 32.2. The molecule has 0 saturated carbocycles. The summed E-state index contributed by atoms with van der Waals surface area (Å²) >= 11 is 1.52. The number of aliphatic hydroxyl groups excluding tert-OH is 2. The van der Waals surface area contributed by atoms with E-state index in [0.29, 0.717) is 5.75 Å². The fourth-order valence-corrected chi connectivity index (χ4v) is 2.30. The smallest absolute Gasteiger partial charge is 0.0864 e. The van der Waals surface area contributed by atoms with Crippen molar-refractivity contribution in [1.82, 2.24) is 0 Å². The van der Waals surface area contributed by atoms with E-state index < -0.39 is 6.10 Å². The molecule has 0 amide bonds. The molecule has 1 aromatic carbocycles. The average Bonchev–Trinajstić information content (AvgIpc) is 2.26. The molecule has 4 N–H and O–H groups in total. The Kier molecular flexibility index (Phi) is 5.11. The fraction of sp³-hybridized carbons (Fsp3) is 0.455. The molecule has 2 atom stereocenters. The van der Waals surface area contributed by atoms with Gasteiger partial charge in [-0.1, -0.05) is 18.2 Å². The van der Waals surface area contributed by atoms with Crippen molar-refractivity contribution < 1.29 is 10.2 Å². The standard InChI is InChI=1S/C11H17NO2S/c1-8(12)10-4-2-3-5-11(10)15-7-9(14)6-13/h2-5,8-9,13-14H,6-7,12H2,1H3/t8-,9?/m0/s1. The zero-order valence-electron chi connectivity index (χ0n) is 8.76. The van der Waals surface area contributed by atoms with E-state index >= 15 is 0 Å². The summed E-state index contributed by atoms with van der Waals surface area (Å²) in [6, 6.07) is 7.84. The first kappa shape index (κ1) is 12.5. The van der Waals surface area contributed by atoms with Gasteiger partial charge >= 0.3 is 0 Å². The van der Waals surface area contributed by atoms with E-state index in [1.165, 1.54) is 11.8 Å². The molecular weight excluding hydrogens is 210 g/mol. The summed E-state index contributed by atoms with van der Waals surface area (Å²) in [6.45, 7) is 1.73. The lowest BCUT2D eigenvalue weighted by atomic mass is 10.1. The number of nitrogens with two attached hydrogens (primary N) is 1. The van der Waals surface area contributed by atoms with E-state index in [0.717, 1.165) is 10.5 Å². The van der Waals surface area contributed by atoms with Crippen LogP contribution < -0.4 is 5.73 Å². The zero-order valence-corrected chi connectivity index (χ0v) is 9.57. The second-order valence-corrected chi connectivity index (χ2v) is 4.54. The van der Waals surface area contributed by atoms with E-state index in [2.05, 4.69) is 0 Å². The SMILES string of the molecule is C[C@H](N)c1ccccc1SCC(O)CO. The molecule has 0 aliphatic heterocycles. The molecular formula is C11H17NO2S. The summed E-state index contributed by atoms with van der Waals surface area (Å²) in [5.41, 5.74) is 6.90. The highest BCUT2D eigenvalue weighted by molar-refractivity contribution is 7.99. The first-order chi connectivity index (χ1) is 7.15. The van der Waals surface area contributed by atoms with Crippen LogP contribution in [0.3, 0.4) is 0 Å². The van der Waals surface area contributed by atoms with Gasteiger partial charge in [0.15, 0.2) is 0 Å². The van der Waals surface area contributed by atoms with Crippen molar-refractivity contribution in [2.24, 2.45) is 5.73 Å². The lowest BCUT2D eigenvalue weighted by molar-refractivity contribution is 0.113. The first-order valence-electron chi connectivity index (χ1n) is 4.91. The van der Waals surface area contributed by atoms with Crippen molar-refractivity contribution in [3.8, 4) is 0 Å². The van der Waals surface area contributed by atoms with Gasteiger partial charge in [-0.3, -0.25) is 0 Å². The van der Waals surface area contributed by atoms with Crippen molar-refractivity contribution in [1.29, 1.82) is 0 Å². The number of hydrogen-bond acceptors (Lipinski definition) is 4. The molecule has 0 saturated heterocycles. The van der Waals surface area contributed by atoms with Gasteiger partial charge in [-0.05, 0) is 18.6 Å². The topological polar surface area (TPSA) is 66.5 Å². The van der Waals surface area contributed by atoms with Crippen LogP contribution in [0, 0.1) is 0 Å². The number of benzene rings is 1. The first-order valence-corrected chi connectivity index (χ1v) is 5.90. The van der Waals surface area contributed by atoms with Gasteiger partial charge in [0, 0.05) is 16.7 Å². The van der Waals surface area contributed by atoms with Crippen molar-refractivity contribution in [2.45, 2.75) is 24.0 Å². The third-order valence-corrected chi connectivity index (χ3v) is 3.29. The Hall–Kier alpha value is -0.550. The largest absolute Gasteiger partial charge is 0.394 e. The van der Waals surface area contributed by atoms with Crippen LogP contribution in [0.1, 0.15) is 18.5 Å². The molecule has 0 aliphatic rings. The Bertz CT molecular complexity index is 304. The predicted octanol–water partition coefficient (Wildman–Crippen LogP) is 1.15. The van der Waals surface area contributed by atoms with E-state index in [-0.39, 0.29) is 12.6 Å². The lowest BCUT2D eigenvalue weighted by Crippen LogP contribution is -2.15. The van der Waals surface area contributed by atoms with Crippen LogP contribution in [-0.4, -0.2) is 28.7 Å². The zero-order chi connectivity index (χ0) is 11.3. The van der Waals surface area contributed by atoms with Crippen molar-refractivity contribution >= 4 is 11.8 Å². The molecule has 15 heavy (non-hydrogen) atoms. The second-order valence-electron chi connectivity index (χ2n) is 3.47. The van der Waals surface area contributed by atoms with E-state index in [1.807, 2.05) is 31.2 Å². The normalized spacial score (nSPS) is 14.9. The van der Waals surface area contributed by atoms with Gasteiger partial charge in [-0.25, -0.2) is 0 Å². The highest BCUT2D eigenvalue weighted by Gasteiger charge is 2.08. The molecule has 1 rings (SSSR count). The minimum absolute atomic E-state index is 0.0139. The molecule has 0 radical (unpaired) electrons. The Morgan fingerprint density at radius 3 is 2.67 bits per heavy atom. The fourth-order valence-electron chi connectivity index (χ4n) is 1.23. The van der Waals surface area contributed by atoms with E-state index in [1.54, 1.807) is 0 Å². The summed E-state index contributed by atoms with van der Waals surface area (Å²) in [7, 11) is 0. The quantitative estimate of drug-likeness (QED) is 0.660. The predicted molar refractivity (Wildman–Crippen MR) is 62.9 cm³/mol. The molecule has 1 unspecified atom stereocenters. The van der Waals surface area contributed by atoms with Gasteiger partial charge in [0.1, 0.15) is 0 Å². The Morgan fingerprint density at radius 2 is 2.07 bits per heavy atom. The Balaban J connectivity index is 2.67. The summed E-state index contributed by atoms with van der Waals surface area (Å²) in [5, 5.41) is 17.9. The molecule has 0 aliphatic carbocycles. The maximum atomic E-state index is 9.25. The van der Waals surface area contributed by atoms with Crippen LogP contribution in [0.2, 0.25) is 0 Å². The Labute approximate surface area is 94.3 Å². The summed E-state index contributed by atoms with van der Waals surface area (Å²) in [6.07, 6.45) is -0.670. The van der Waals surface area contributed by atoms with Gasteiger partial charge in [0.05, 0.1) is 12.7 Å². The number of rotatable bonds is 5. The maximum Gasteiger partial charge on any atom is 0.0864 e. The molecule has 0 spiro atoms. The summed E-state index contributed by atoms with van der Waals surface area (Å²) in [5.74, 6) is 0.486. The Morgan fingerprint density at radius 1 is 1.40 bits per heavy atom. The van der Waals surface area contributed by atoms with Crippen molar-refractivity contribution in [3.05, 3.63) is 29.8 Å². The van der Waals surface area contributed by atoms with Gasteiger partial charge in [0.2, 0.25) is 0 Å². The lowest BCUT2D eigenvalue weighted by Gasteiger charge is -2.13. The number of thioether (sulfide) groups is 1. The molecule has 1 aromatic rings. The monoisotopic (exact) mass is 227 g/mol. The van der Waals surface area contributed by atoms with Crippen LogP contribution in [0.25, 0.3) is 0 Å². The molecule has 0 fully saturated rings. The van der Waals surface area contributed by atoms with Gasteiger partial charge in [-0.2, -0.15) is 0 Å². The van der Waals surface area contributed by atoms with Crippen LogP contribution in [0.15, 0.2) is 29.2 Å². The second kappa shape index (κ2) is 6.12. The summed E-state index contributed by atoms with van der Waals surface area (Å²) in [4.78, 5) is 1.07. The average molecular weight is 227 g/mol. The van der Waals surface area contributed by atoms with Crippen molar-refractivity contribution in [2.75, 3.05) is 12.4 Å².